The first-order valence-electron chi connectivity index (χ1n) is 19.1. The Morgan fingerprint density at radius 3 is 2.11 bits per heavy atom. The normalized spacial score (nSPS) is 36.8. The smallest absolute Gasteiger partial charge is 0.200 e. The molecule has 0 spiro atoms. The van der Waals surface area contributed by atoms with E-state index < -0.39 is 115 Å². The third-order valence-electron chi connectivity index (χ3n) is 11.5. The van der Waals surface area contributed by atoms with Crippen LogP contribution in [0.3, 0.4) is 0 Å². The molecule has 2 aromatic carbocycles. The Hall–Kier alpha value is -3.04. The van der Waals surface area contributed by atoms with Crippen molar-refractivity contribution in [1.82, 2.24) is 0 Å². The maximum atomic E-state index is 14.6. The van der Waals surface area contributed by atoms with Gasteiger partial charge in [0.25, 0.3) is 0 Å². The zero-order chi connectivity index (χ0) is 40.9. The van der Waals surface area contributed by atoms with Crippen LogP contribution in [-0.4, -0.2) is 152 Å². The molecule has 1 aliphatic carbocycles. The van der Waals surface area contributed by atoms with Crippen molar-refractivity contribution in [3.05, 3.63) is 28.8 Å². The predicted octanol–water partition coefficient (Wildman–Crippen LogP) is 0.628. The molecule has 0 aromatic heterocycles. The Morgan fingerprint density at radius 1 is 0.839 bits per heavy atom. The Labute approximate surface area is 323 Å². The molecule has 0 radical (unpaired) electrons. The molecule has 17 nitrogen and oxygen atoms in total. The van der Waals surface area contributed by atoms with Gasteiger partial charge in [-0.25, -0.2) is 0 Å². The minimum atomic E-state index is -1.88. The van der Waals surface area contributed by atoms with Crippen molar-refractivity contribution in [3.63, 3.8) is 0 Å². The highest BCUT2D eigenvalue weighted by Crippen LogP contribution is 2.47. The van der Waals surface area contributed by atoms with Crippen LogP contribution in [0.4, 0.5) is 0 Å². The van der Waals surface area contributed by atoms with Gasteiger partial charge in [-0.3, -0.25) is 9.59 Å². The number of aromatic hydroxyl groups is 2. The Kier molecular flexibility index (Phi) is 13.0. The van der Waals surface area contributed by atoms with Crippen LogP contribution in [0, 0.1) is 12.8 Å². The first kappa shape index (κ1) is 42.6. The number of phenols is 2. The second-order valence-corrected chi connectivity index (χ2v) is 15.5. The number of Topliss-reactive ketones (excluding diaryl/α,β-unsaturated/α-hetero) is 2. The molecule has 3 heterocycles. The number of methoxy groups -OCH3 is 1. The summed E-state index contributed by atoms with van der Waals surface area (Å²) in [6.07, 6.45) is -16.2. The van der Waals surface area contributed by atoms with E-state index in [9.17, 15) is 50.4 Å². The summed E-state index contributed by atoms with van der Waals surface area (Å²) in [5, 5.41) is 85.6. The van der Waals surface area contributed by atoms with Gasteiger partial charge in [-0.2, -0.15) is 0 Å². The van der Waals surface area contributed by atoms with Gasteiger partial charge in [0, 0.05) is 37.9 Å². The molecule has 3 saturated heterocycles. The van der Waals surface area contributed by atoms with Gasteiger partial charge in [0.15, 0.2) is 30.4 Å². The lowest BCUT2D eigenvalue weighted by Gasteiger charge is -2.43. The van der Waals surface area contributed by atoms with Crippen molar-refractivity contribution >= 4 is 22.3 Å². The zero-order valence-electron chi connectivity index (χ0n) is 32.2. The number of carbonyl (C=O) groups excluding carboxylic acids is 2. The van der Waals surface area contributed by atoms with Crippen LogP contribution in [0.5, 0.6) is 17.2 Å². The summed E-state index contributed by atoms with van der Waals surface area (Å²) in [6, 6.07) is 3.16. The molecule has 0 saturated carbocycles. The number of hydrogen-bond donors (Lipinski definition) is 8. The summed E-state index contributed by atoms with van der Waals surface area (Å²) < 4.78 is 41.5. The number of phenolic OH excluding ortho intramolecular Hbond substituents is 2. The van der Waals surface area contributed by atoms with Crippen molar-refractivity contribution in [3.8, 4) is 17.2 Å². The van der Waals surface area contributed by atoms with E-state index in [1.807, 2.05) is 0 Å². The van der Waals surface area contributed by atoms with Crippen molar-refractivity contribution in [1.29, 1.82) is 0 Å². The van der Waals surface area contributed by atoms with E-state index in [4.69, 9.17) is 33.2 Å². The van der Waals surface area contributed by atoms with Gasteiger partial charge in [0.2, 0.25) is 0 Å². The lowest BCUT2D eigenvalue weighted by atomic mass is 9.75. The number of rotatable bonds is 11. The minimum absolute atomic E-state index is 0.0375. The van der Waals surface area contributed by atoms with Gasteiger partial charge in [-0.15, -0.1) is 0 Å². The summed E-state index contributed by atoms with van der Waals surface area (Å²) in [6.45, 7) is 7.65. The second-order valence-electron chi connectivity index (χ2n) is 15.5. The van der Waals surface area contributed by atoms with Gasteiger partial charge < -0.3 is 74.0 Å². The fourth-order valence-corrected chi connectivity index (χ4v) is 8.12. The maximum Gasteiger partial charge on any atom is 0.200 e. The van der Waals surface area contributed by atoms with Crippen molar-refractivity contribution < 1.29 is 83.6 Å². The number of aliphatic hydroxyl groups excluding tert-OH is 6. The van der Waals surface area contributed by atoms with Crippen LogP contribution in [0.1, 0.15) is 74.9 Å². The zero-order valence-corrected chi connectivity index (χ0v) is 32.2. The van der Waals surface area contributed by atoms with Gasteiger partial charge in [-0.05, 0) is 70.5 Å². The van der Waals surface area contributed by atoms with Crippen LogP contribution in [0.2, 0.25) is 0 Å². The topological polar surface area (TPSA) is 261 Å². The number of carbonyl (C=O) groups is 2. The molecule has 8 N–H and O–H groups in total. The lowest BCUT2D eigenvalue weighted by molar-refractivity contribution is -0.311. The highest BCUT2D eigenvalue weighted by molar-refractivity contribution is 6.11. The third-order valence-corrected chi connectivity index (χ3v) is 11.5. The van der Waals surface area contributed by atoms with Crippen LogP contribution < -0.4 is 4.74 Å². The molecule has 4 aliphatic rings. The van der Waals surface area contributed by atoms with Gasteiger partial charge in [-0.1, -0.05) is 0 Å². The molecule has 6 rings (SSSR count). The first-order chi connectivity index (χ1) is 26.4. The van der Waals surface area contributed by atoms with E-state index in [0.717, 1.165) is 0 Å². The van der Waals surface area contributed by atoms with Crippen LogP contribution in [0.25, 0.3) is 10.8 Å². The van der Waals surface area contributed by atoms with Crippen molar-refractivity contribution in [2.24, 2.45) is 5.92 Å². The molecule has 3 fully saturated rings. The monoisotopic (exact) mass is 794 g/mol. The third kappa shape index (κ3) is 8.28. The molecule has 312 valence electrons. The van der Waals surface area contributed by atoms with Crippen LogP contribution in [0.15, 0.2) is 12.1 Å². The van der Waals surface area contributed by atoms with Crippen LogP contribution in [-0.2, 0) is 39.6 Å². The minimum Gasteiger partial charge on any atom is -0.507 e. The molecule has 17 heteroatoms. The van der Waals surface area contributed by atoms with E-state index in [2.05, 4.69) is 0 Å². The van der Waals surface area contributed by atoms with Crippen molar-refractivity contribution in [2.75, 3.05) is 7.11 Å². The highest BCUT2D eigenvalue weighted by atomic mass is 16.7. The number of aliphatic hydroxyl groups is 6. The molecule has 2 aromatic rings. The lowest BCUT2D eigenvalue weighted by Crippen LogP contribution is -2.56. The Balaban J connectivity index is 1.35. The largest absolute Gasteiger partial charge is 0.507 e. The number of ether oxygens (including phenoxy) is 7. The van der Waals surface area contributed by atoms with E-state index in [1.54, 1.807) is 39.8 Å². The molecule has 16 unspecified atom stereocenters. The first-order valence-corrected chi connectivity index (χ1v) is 19.1. The standard InChI is InChI=1S/C39H54O17/c1-14-24(54-26-8-7-22(41)16(3)51-26)11-20-9-19-10-21(38(50-6)37(49)32(44)15(2)40)39(36(48)30(19)35(47)29(20)31(14)43)56-28-13-25(34(46)18(5)53-28)55-27-12-23(42)33(45)17(4)52-27/h9,11,15-18,21-23,25-28,32-34,38-47H,7-8,10,12-13H2,1-6H3. The van der Waals surface area contributed by atoms with E-state index in [1.165, 1.54) is 14.0 Å². The molecular weight excluding hydrogens is 740 g/mol. The maximum absolute atomic E-state index is 14.6. The molecule has 0 amide bonds. The van der Waals surface area contributed by atoms with Gasteiger partial charge in [0.05, 0.1) is 53.7 Å². The predicted molar refractivity (Wildman–Crippen MR) is 193 cm³/mol. The number of benzene rings is 2. The van der Waals surface area contributed by atoms with Gasteiger partial charge in [0.1, 0.15) is 47.8 Å². The summed E-state index contributed by atoms with van der Waals surface area (Å²) in [7, 11) is 1.21. The molecular formula is C39H54O17. The number of ketones is 2. The summed E-state index contributed by atoms with van der Waals surface area (Å²) in [5.41, 5.74) is 0.339. The average Bonchev–Trinajstić information content (AvgIpc) is 3.14. The Bertz CT molecular complexity index is 1740. The molecule has 56 heavy (non-hydrogen) atoms. The SMILES string of the molecule is COC(C(=O)C(O)C(C)O)C1Cc2cc3cc(OC4CCC(O)C(C)O4)c(C)c(O)c3c(O)c2C(=O)C1OC1CC(OC2CC(O)C(O)C(C)O2)C(O)C(C)O1. The van der Waals surface area contributed by atoms with E-state index in [-0.39, 0.29) is 52.8 Å². The van der Waals surface area contributed by atoms with Crippen LogP contribution >= 0.6 is 0 Å². The second kappa shape index (κ2) is 17.1. The molecule has 3 aliphatic heterocycles. The fraction of sp³-hybridized carbons (Fsp3) is 0.692. The number of fused-ring (bicyclic) bond motifs is 2. The summed E-state index contributed by atoms with van der Waals surface area (Å²) in [5.74, 6) is -3.52. The van der Waals surface area contributed by atoms with E-state index >= 15 is 0 Å². The van der Waals surface area contributed by atoms with Crippen molar-refractivity contribution in [2.45, 2.75) is 159 Å². The number of hydrogen-bond acceptors (Lipinski definition) is 17. The highest BCUT2D eigenvalue weighted by Gasteiger charge is 2.50. The summed E-state index contributed by atoms with van der Waals surface area (Å²) in [4.78, 5) is 28.2. The quantitative estimate of drug-likeness (QED) is 0.155. The molecule has 16 atom stereocenters. The average molecular weight is 795 g/mol. The van der Waals surface area contributed by atoms with Gasteiger partial charge >= 0.3 is 0 Å². The summed E-state index contributed by atoms with van der Waals surface area (Å²) >= 11 is 0. The Morgan fingerprint density at radius 2 is 1.48 bits per heavy atom. The van der Waals surface area contributed by atoms with E-state index in [0.29, 0.717) is 18.2 Å². The fourth-order valence-electron chi connectivity index (χ4n) is 8.12. The molecule has 0 bridgehead atoms.